The quantitative estimate of drug-likeness (QED) is 0.216. The van der Waals surface area contributed by atoms with E-state index in [0.29, 0.717) is 41.1 Å². The van der Waals surface area contributed by atoms with Crippen molar-refractivity contribution in [2.75, 3.05) is 13.2 Å². The van der Waals surface area contributed by atoms with E-state index in [1.807, 2.05) is 54.8 Å². The molecule has 4 rings (SSSR count). The zero-order valence-electron chi connectivity index (χ0n) is 17.1. The van der Waals surface area contributed by atoms with Crippen molar-refractivity contribution >= 4 is 57.2 Å². The van der Waals surface area contributed by atoms with E-state index in [9.17, 15) is 4.79 Å². The molecule has 1 N–H and O–H groups in total. The van der Waals surface area contributed by atoms with Gasteiger partial charge in [0.1, 0.15) is 10.7 Å². The average molecular weight is 458 g/mol. The minimum Gasteiger partial charge on any atom is -0.451 e. The minimum absolute atomic E-state index is 0.186. The van der Waals surface area contributed by atoms with Gasteiger partial charge in [0.15, 0.2) is 5.76 Å². The normalized spacial score (nSPS) is 11.7. The molecule has 4 aromatic rings. The monoisotopic (exact) mass is 457 g/mol. The first-order valence-corrected chi connectivity index (χ1v) is 10.6. The van der Waals surface area contributed by atoms with Crippen molar-refractivity contribution in [2.45, 2.75) is 20.4 Å². The van der Waals surface area contributed by atoms with E-state index in [1.165, 1.54) is 6.21 Å². The lowest BCUT2D eigenvalue weighted by molar-refractivity contribution is 0.0929. The van der Waals surface area contributed by atoms with Crippen LogP contribution < -0.4 is 5.43 Å². The van der Waals surface area contributed by atoms with Crippen LogP contribution in [0.4, 0.5) is 0 Å². The number of nitrogens with zero attached hydrogens (tertiary/aromatic N) is 2. The molecule has 0 aliphatic rings. The van der Waals surface area contributed by atoms with Gasteiger partial charge in [-0.25, -0.2) is 5.43 Å². The summed E-state index contributed by atoms with van der Waals surface area (Å²) in [7, 11) is 0. The van der Waals surface area contributed by atoms with Crippen LogP contribution in [0.1, 0.15) is 28.6 Å². The molecule has 0 aliphatic heterocycles. The van der Waals surface area contributed by atoms with Crippen LogP contribution in [-0.4, -0.2) is 29.9 Å². The molecule has 2 aromatic carbocycles. The van der Waals surface area contributed by atoms with Gasteiger partial charge >= 0.3 is 5.91 Å². The Hall–Kier alpha value is -2.80. The molecule has 160 valence electrons. The third-order valence-electron chi connectivity index (χ3n) is 4.92. The number of hydrogen-bond donors (Lipinski definition) is 1. The van der Waals surface area contributed by atoms with Gasteiger partial charge in [0.25, 0.3) is 0 Å². The van der Waals surface area contributed by atoms with Gasteiger partial charge in [-0.3, -0.25) is 4.79 Å². The van der Waals surface area contributed by atoms with E-state index in [4.69, 9.17) is 32.4 Å². The number of carbonyl (C=O) groups is 1. The number of hydrazone groups is 1. The molecule has 6 nitrogen and oxygen atoms in total. The number of nitrogens with one attached hydrogen (secondary N) is 1. The summed E-state index contributed by atoms with van der Waals surface area (Å²) in [6, 6.07) is 13.0. The van der Waals surface area contributed by atoms with Crippen LogP contribution in [0.15, 0.2) is 52.0 Å². The Morgan fingerprint density at radius 2 is 2.06 bits per heavy atom. The Morgan fingerprint density at radius 3 is 2.87 bits per heavy atom. The van der Waals surface area contributed by atoms with E-state index in [2.05, 4.69) is 10.5 Å². The van der Waals surface area contributed by atoms with Crippen molar-refractivity contribution in [3.05, 3.63) is 69.5 Å². The van der Waals surface area contributed by atoms with Gasteiger partial charge in [0.05, 0.1) is 18.3 Å². The third kappa shape index (κ3) is 4.46. The highest BCUT2D eigenvalue weighted by Gasteiger charge is 2.16. The largest absolute Gasteiger partial charge is 0.451 e. The fourth-order valence-corrected chi connectivity index (χ4v) is 3.95. The predicted molar refractivity (Wildman–Crippen MR) is 124 cm³/mol. The Bertz CT molecular complexity index is 1290. The van der Waals surface area contributed by atoms with E-state index in [-0.39, 0.29) is 5.76 Å². The maximum Gasteiger partial charge on any atom is 0.307 e. The third-order valence-corrected chi connectivity index (χ3v) is 5.56. The highest BCUT2D eigenvalue weighted by atomic mass is 35.5. The van der Waals surface area contributed by atoms with Crippen LogP contribution in [0.5, 0.6) is 0 Å². The highest BCUT2D eigenvalue weighted by Crippen LogP contribution is 2.31. The van der Waals surface area contributed by atoms with Gasteiger partial charge < -0.3 is 13.7 Å². The SMILES string of the molecule is CCOCCn1c(Cl)c(/C=N/NC(=O)c2cc3cc(C)ccc3o2)c2cc(Cl)ccc21. The molecule has 31 heavy (non-hydrogen) atoms. The van der Waals surface area contributed by atoms with E-state index in [1.54, 1.807) is 6.07 Å². The highest BCUT2D eigenvalue weighted by molar-refractivity contribution is 6.35. The lowest BCUT2D eigenvalue weighted by atomic mass is 10.2. The molecule has 0 saturated carbocycles. The molecule has 2 aromatic heterocycles. The second kappa shape index (κ2) is 9.14. The molecule has 0 fully saturated rings. The second-order valence-electron chi connectivity index (χ2n) is 7.07. The Labute approximate surface area is 189 Å². The second-order valence-corrected chi connectivity index (χ2v) is 7.86. The van der Waals surface area contributed by atoms with Crippen molar-refractivity contribution in [1.29, 1.82) is 0 Å². The summed E-state index contributed by atoms with van der Waals surface area (Å²) in [6.45, 7) is 5.67. The molecule has 1 amide bonds. The van der Waals surface area contributed by atoms with Gasteiger partial charge in [0.2, 0.25) is 0 Å². The molecule has 0 spiro atoms. The number of aryl methyl sites for hydroxylation is 1. The molecule has 0 unspecified atom stereocenters. The zero-order valence-corrected chi connectivity index (χ0v) is 18.6. The van der Waals surface area contributed by atoms with Gasteiger partial charge in [-0.15, -0.1) is 0 Å². The molecule has 0 saturated heterocycles. The van der Waals surface area contributed by atoms with Gasteiger partial charge in [-0.1, -0.05) is 34.8 Å². The fraction of sp³-hybridized carbons (Fsp3) is 0.217. The van der Waals surface area contributed by atoms with Crippen LogP contribution in [0.25, 0.3) is 21.9 Å². The summed E-state index contributed by atoms with van der Waals surface area (Å²) in [5.41, 5.74) is 5.82. The number of benzene rings is 2. The first-order chi connectivity index (χ1) is 15.0. The van der Waals surface area contributed by atoms with Gasteiger partial charge in [-0.2, -0.15) is 5.10 Å². The number of halogens is 2. The van der Waals surface area contributed by atoms with E-state index < -0.39 is 5.91 Å². The summed E-state index contributed by atoms with van der Waals surface area (Å²) in [4.78, 5) is 12.5. The molecule has 2 heterocycles. The van der Waals surface area contributed by atoms with Crippen LogP contribution >= 0.6 is 23.2 Å². The van der Waals surface area contributed by atoms with Crippen LogP contribution in [0.2, 0.25) is 10.2 Å². The number of furan rings is 1. The van der Waals surface area contributed by atoms with Crippen molar-refractivity contribution in [3.8, 4) is 0 Å². The maximum atomic E-state index is 12.5. The summed E-state index contributed by atoms with van der Waals surface area (Å²) >= 11 is 12.8. The molecule has 0 bridgehead atoms. The first kappa shape index (κ1) is 21.4. The number of fused-ring (bicyclic) bond motifs is 2. The van der Waals surface area contributed by atoms with Crippen molar-refractivity contribution < 1.29 is 13.9 Å². The smallest absolute Gasteiger partial charge is 0.307 e. The number of aromatic nitrogens is 1. The topological polar surface area (TPSA) is 68.8 Å². The Balaban J connectivity index is 1.58. The van der Waals surface area contributed by atoms with Crippen molar-refractivity contribution in [3.63, 3.8) is 0 Å². The summed E-state index contributed by atoms with van der Waals surface area (Å²) in [5.74, 6) is -0.259. The zero-order chi connectivity index (χ0) is 22.0. The van der Waals surface area contributed by atoms with Crippen LogP contribution in [-0.2, 0) is 11.3 Å². The van der Waals surface area contributed by atoms with Crippen molar-refractivity contribution in [2.24, 2.45) is 5.10 Å². The molecule has 0 radical (unpaired) electrons. The molecular formula is C23H21Cl2N3O3. The van der Waals surface area contributed by atoms with Gasteiger partial charge in [-0.05, 0) is 50.2 Å². The van der Waals surface area contributed by atoms with E-state index >= 15 is 0 Å². The Kier molecular flexibility index (Phi) is 6.32. The first-order valence-electron chi connectivity index (χ1n) is 9.86. The Morgan fingerprint density at radius 1 is 1.23 bits per heavy atom. The van der Waals surface area contributed by atoms with Crippen LogP contribution in [0, 0.1) is 6.92 Å². The summed E-state index contributed by atoms with van der Waals surface area (Å²) in [6.07, 6.45) is 1.52. The predicted octanol–water partition coefficient (Wildman–Crippen LogP) is 5.80. The number of hydrogen-bond acceptors (Lipinski definition) is 4. The molecule has 0 atom stereocenters. The fourth-order valence-electron chi connectivity index (χ4n) is 3.45. The molecular weight excluding hydrogens is 437 g/mol. The van der Waals surface area contributed by atoms with Crippen LogP contribution in [0.3, 0.4) is 0 Å². The van der Waals surface area contributed by atoms with Gasteiger partial charge in [0, 0.05) is 34.5 Å². The molecule has 8 heteroatoms. The summed E-state index contributed by atoms with van der Waals surface area (Å²) < 4.78 is 13.0. The lowest BCUT2D eigenvalue weighted by Crippen LogP contribution is -2.16. The lowest BCUT2D eigenvalue weighted by Gasteiger charge is -2.07. The number of amides is 1. The summed E-state index contributed by atoms with van der Waals surface area (Å²) in [5, 5.41) is 6.88. The molecule has 0 aliphatic carbocycles. The van der Waals surface area contributed by atoms with E-state index in [0.717, 1.165) is 21.9 Å². The standard InChI is InChI=1S/C23H21Cl2N3O3/c1-3-30-9-8-28-19-6-5-16(24)12-17(19)18(22(28)25)13-26-27-23(29)21-11-15-10-14(2)4-7-20(15)31-21/h4-7,10-13H,3,8-9H2,1-2H3,(H,27,29)/b26-13+. The number of rotatable bonds is 7. The number of ether oxygens (including phenoxy) is 1. The average Bonchev–Trinajstić information content (AvgIpc) is 3.27. The maximum absolute atomic E-state index is 12.5. The minimum atomic E-state index is -0.445. The van der Waals surface area contributed by atoms with Crippen molar-refractivity contribution in [1.82, 2.24) is 9.99 Å². The number of carbonyl (C=O) groups excluding carboxylic acids is 1.